The maximum Gasteiger partial charge on any atom is 0.140 e. The molecule has 4 heteroatoms. The van der Waals surface area contributed by atoms with Crippen LogP contribution in [0.4, 0.5) is 0 Å². The van der Waals surface area contributed by atoms with E-state index in [2.05, 4.69) is 15.9 Å². The van der Waals surface area contributed by atoms with E-state index in [1.807, 2.05) is 12.1 Å². The highest BCUT2D eigenvalue weighted by molar-refractivity contribution is 9.10. The molecule has 0 amide bonds. The highest BCUT2D eigenvalue weighted by Gasteiger charge is 2.31. The van der Waals surface area contributed by atoms with Gasteiger partial charge >= 0.3 is 0 Å². The van der Waals surface area contributed by atoms with Crippen molar-refractivity contribution in [3.05, 3.63) is 32.2 Å². The number of hydrogen-bond acceptors (Lipinski definition) is 1. The van der Waals surface area contributed by atoms with Crippen molar-refractivity contribution < 1.29 is 4.79 Å². The average Bonchev–Trinajstić information content (AvgIpc) is 2.16. The van der Waals surface area contributed by atoms with Crippen LogP contribution in [0, 0.1) is 0 Å². The Kier molecular flexibility index (Phi) is 2.87. The van der Waals surface area contributed by atoms with Crippen molar-refractivity contribution in [2.24, 2.45) is 0 Å². The number of carbonyl (C=O) groups is 1. The first-order valence-corrected chi connectivity index (χ1v) is 5.82. The molecule has 0 N–H and O–H groups in total. The number of rotatable bonds is 1. The van der Waals surface area contributed by atoms with Gasteiger partial charge in [-0.15, -0.1) is 0 Å². The molecule has 1 aromatic carbocycles. The van der Waals surface area contributed by atoms with Crippen LogP contribution in [0.3, 0.4) is 0 Å². The molecule has 1 atom stereocenters. The maximum atomic E-state index is 11.3. The molecule has 0 aromatic heterocycles. The lowest BCUT2D eigenvalue weighted by molar-refractivity contribution is -0.125. The summed E-state index contributed by atoms with van der Waals surface area (Å²) in [6.07, 6.45) is 1.55. The minimum Gasteiger partial charge on any atom is -0.299 e. The SMILES string of the molecule is O=C1CCC1c1ccc(Br)c(Cl)c1Cl. The molecular formula is C10H7BrCl2O. The Hall–Kier alpha value is -0.0500. The van der Waals surface area contributed by atoms with Gasteiger partial charge < -0.3 is 0 Å². The first kappa shape index (κ1) is 10.5. The second-order valence-corrected chi connectivity index (χ2v) is 4.93. The van der Waals surface area contributed by atoms with E-state index in [0.717, 1.165) is 16.5 Å². The molecular weight excluding hydrogens is 287 g/mol. The minimum atomic E-state index is -0.0342. The van der Waals surface area contributed by atoms with Crippen LogP contribution in [0.2, 0.25) is 10.0 Å². The Balaban J connectivity index is 2.44. The van der Waals surface area contributed by atoms with Crippen molar-refractivity contribution in [3.8, 4) is 0 Å². The maximum absolute atomic E-state index is 11.3. The van der Waals surface area contributed by atoms with Crippen LogP contribution in [0.5, 0.6) is 0 Å². The third-order valence-corrected chi connectivity index (χ3v) is 4.29. The molecule has 0 heterocycles. The molecule has 14 heavy (non-hydrogen) atoms. The fraction of sp³-hybridized carbons (Fsp3) is 0.300. The summed E-state index contributed by atoms with van der Waals surface area (Å²) in [5.41, 5.74) is 0.858. The number of benzene rings is 1. The van der Waals surface area contributed by atoms with Gasteiger partial charge in [0.05, 0.1) is 10.0 Å². The first-order chi connectivity index (χ1) is 6.61. The second kappa shape index (κ2) is 3.84. The molecule has 1 unspecified atom stereocenters. The van der Waals surface area contributed by atoms with Crippen molar-refractivity contribution >= 4 is 44.9 Å². The van der Waals surface area contributed by atoms with E-state index >= 15 is 0 Å². The summed E-state index contributed by atoms with van der Waals surface area (Å²) in [5.74, 6) is 0.221. The molecule has 1 nitrogen and oxygen atoms in total. The summed E-state index contributed by atoms with van der Waals surface area (Å²) in [6.45, 7) is 0. The van der Waals surface area contributed by atoms with Crippen molar-refractivity contribution in [2.75, 3.05) is 0 Å². The molecule has 74 valence electrons. The lowest BCUT2D eigenvalue weighted by Crippen LogP contribution is -2.23. The molecule has 1 fully saturated rings. The predicted octanol–water partition coefficient (Wildman–Crippen LogP) is 4.20. The molecule has 1 aliphatic rings. The molecule has 0 bridgehead atoms. The van der Waals surface area contributed by atoms with E-state index in [1.54, 1.807) is 0 Å². The average molecular weight is 294 g/mol. The zero-order valence-corrected chi connectivity index (χ0v) is 10.3. The highest BCUT2D eigenvalue weighted by atomic mass is 79.9. The number of carbonyl (C=O) groups excluding carboxylic acids is 1. The summed E-state index contributed by atoms with van der Waals surface area (Å²) in [6, 6.07) is 3.69. The third-order valence-electron chi connectivity index (χ3n) is 2.51. The topological polar surface area (TPSA) is 17.1 Å². The fourth-order valence-corrected chi connectivity index (χ4v) is 2.46. The number of hydrogen-bond donors (Lipinski definition) is 0. The van der Waals surface area contributed by atoms with Gasteiger partial charge in [-0.05, 0) is 34.0 Å². The normalized spacial score (nSPS) is 20.8. The Morgan fingerprint density at radius 1 is 1.29 bits per heavy atom. The van der Waals surface area contributed by atoms with Crippen LogP contribution in [0.15, 0.2) is 16.6 Å². The van der Waals surface area contributed by atoms with Crippen molar-refractivity contribution in [3.63, 3.8) is 0 Å². The summed E-state index contributed by atoms with van der Waals surface area (Å²) < 4.78 is 0.764. The largest absolute Gasteiger partial charge is 0.299 e. The van der Waals surface area contributed by atoms with Gasteiger partial charge in [0.15, 0.2) is 0 Å². The van der Waals surface area contributed by atoms with Gasteiger partial charge in [-0.1, -0.05) is 29.3 Å². The number of halogens is 3. The molecule has 0 saturated heterocycles. The van der Waals surface area contributed by atoms with Crippen LogP contribution in [-0.2, 0) is 4.79 Å². The molecule has 1 aliphatic carbocycles. The smallest absolute Gasteiger partial charge is 0.140 e. The second-order valence-electron chi connectivity index (χ2n) is 3.32. The van der Waals surface area contributed by atoms with E-state index in [-0.39, 0.29) is 11.7 Å². The first-order valence-electron chi connectivity index (χ1n) is 4.27. The van der Waals surface area contributed by atoms with Crippen molar-refractivity contribution in [1.82, 2.24) is 0 Å². The van der Waals surface area contributed by atoms with E-state index in [1.165, 1.54) is 0 Å². The summed E-state index contributed by atoms with van der Waals surface area (Å²) in [5, 5.41) is 0.989. The van der Waals surface area contributed by atoms with Gasteiger partial charge in [0, 0.05) is 16.8 Å². The van der Waals surface area contributed by atoms with Crippen LogP contribution in [0.25, 0.3) is 0 Å². The zero-order valence-electron chi connectivity index (χ0n) is 7.19. The van der Waals surface area contributed by atoms with E-state index in [0.29, 0.717) is 16.5 Å². The van der Waals surface area contributed by atoms with Crippen molar-refractivity contribution in [2.45, 2.75) is 18.8 Å². The highest BCUT2D eigenvalue weighted by Crippen LogP contribution is 2.41. The number of ketones is 1. The molecule has 1 aromatic rings. The monoisotopic (exact) mass is 292 g/mol. The predicted molar refractivity (Wildman–Crippen MR) is 61.1 cm³/mol. The molecule has 0 aliphatic heterocycles. The van der Waals surface area contributed by atoms with Crippen LogP contribution in [-0.4, -0.2) is 5.78 Å². The lowest BCUT2D eigenvalue weighted by atomic mass is 9.79. The van der Waals surface area contributed by atoms with E-state index in [4.69, 9.17) is 23.2 Å². The Morgan fingerprint density at radius 2 is 2.00 bits per heavy atom. The summed E-state index contributed by atoms with van der Waals surface area (Å²) in [7, 11) is 0. The standard InChI is InChI=1S/C10H7BrCl2O/c11-7-3-1-6(9(12)10(7)13)5-2-4-8(5)14/h1,3,5H,2,4H2. The zero-order chi connectivity index (χ0) is 10.3. The lowest BCUT2D eigenvalue weighted by Gasteiger charge is -2.25. The number of Topliss-reactive ketones (excluding diaryl/α,β-unsaturated/α-hetero) is 1. The quantitative estimate of drug-likeness (QED) is 0.709. The fourth-order valence-electron chi connectivity index (χ4n) is 1.55. The van der Waals surface area contributed by atoms with Gasteiger partial charge in [-0.25, -0.2) is 0 Å². The van der Waals surface area contributed by atoms with Crippen LogP contribution < -0.4 is 0 Å². The van der Waals surface area contributed by atoms with E-state index in [9.17, 15) is 4.79 Å². The Bertz CT molecular complexity index is 403. The molecule has 0 radical (unpaired) electrons. The minimum absolute atomic E-state index is 0.0342. The van der Waals surface area contributed by atoms with Crippen LogP contribution in [0.1, 0.15) is 24.3 Å². The molecule has 1 saturated carbocycles. The van der Waals surface area contributed by atoms with Crippen molar-refractivity contribution in [1.29, 1.82) is 0 Å². The third kappa shape index (κ3) is 1.60. The molecule has 0 spiro atoms. The van der Waals surface area contributed by atoms with Gasteiger partial charge in [0.25, 0.3) is 0 Å². The van der Waals surface area contributed by atoms with Gasteiger partial charge in [0.1, 0.15) is 5.78 Å². The summed E-state index contributed by atoms with van der Waals surface area (Å²) >= 11 is 15.3. The Labute approximate surface area is 101 Å². The van der Waals surface area contributed by atoms with Gasteiger partial charge in [-0.3, -0.25) is 4.79 Å². The van der Waals surface area contributed by atoms with Gasteiger partial charge in [0.2, 0.25) is 0 Å². The van der Waals surface area contributed by atoms with Crippen LogP contribution >= 0.6 is 39.1 Å². The molecule has 2 rings (SSSR count). The van der Waals surface area contributed by atoms with Gasteiger partial charge in [-0.2, -0.15) is 0 Å². The van der Waals surface area contributed by atoms with E-state index < -0.39 is 0 Å². The summed E-state index contributed by atoms with van der Waals surface area (Å²) in [4.78, 5) is 11.3. The Morgan fingerprint density at radius 3 is 2.50 bits per heavy atom.